The number of halogens is 2. The van der Waals surface area contributed by atoms with Crippen LogP contribution in [0.15, 0.2) is 0 Å². The van der Waals surface area contributed by atoms with Crippen molar-refractivity contribution in [2.75, 3.05) is 0 Å². The molecule has 0 bridgehead atoms. The topological polar surface area (TPSA) is 46.5 Å². The monoisotopic (exact) mass is 260 g/mol. The van der Waals surface area contributed by atoms with Crippen LogP contribution in [-0.4, -0.2) is 24.4 Å². The summed E-state index contributed by atoms with van der Waals surface area (Å²) in [5.41, 5.74) is 0. The quantitative estimate of drug-likeness (QED) is 0.608. The lowest BCUT2D eigenvalue weighted by Gasteiger charge is -2.32. The summed E-state index contributed by atoms with van der Waals surface area (Å²) in [5, 5.41) is -3.61. The molecule has 0 amide bonds. The van der Waals surface area contributed by atoms with Gasteiger partial charge >= 0.3 is 12.9 Å². The average Bonchev–Trinajstić information content (AvgIpc) is 2.00. The van der Waals surface area contributed by atoms with E-state index in [0.717, 1.165) is 0 Å². The van der Waals surface area contributed by atoms with Crippen molar-refractivity contribution in [2.45, 2.75) is 51.3 Å². The van der Waals surface area contributed by atoms with Gasteiger partial charge in [-0.3, -0.25) is 4.57 Å². The van der Waals surface area contributed by atoms with Crippen LogP contribution in [0.3, 0.4) is 0 Å². The van der Waals surface area contributed by atoms with Crippen LogP contribution in [-0.2, 0) is 9.09 Å². The molecule has 0 heterocycles. The maximum absolute atomic E-state index is 13.6. The highest BCUT2D eigenvalue weighted by molar-refractivity contribution is 7.57. The van der Waals surface area contributed by atoms with E-state index in [1.54, 1.807) is 6.92 Å². The van der Waals surface area contributed by atoms with Crippen LogP contribution in [0, 0.1) is 0 Å². The lowest BCUT2D eigenvalue weighted by Crippen LogP contribution is -2.45. The van der Waals surface area contributed by atoms with Gasteiger partial charge in [0.15, 0.2) is 0 Å². The molecule has 15 heavy (non-hydrogen) atoms. The van der Waals surface area contributed by atoms with Gasteiger partial charge in [0.25, 0.3) is 0 Å². The Balaban J connectivity index is 4.95. The van der Waals surface area contributed by atoms with Gasteiger partial charge in [0.05, 0.1) is 6.10 Å². The van der Waals surface area contributed by atoms with Crippen molar-refractivity contribution in [3.8, 4) is 0 Å². The van der Waals surface area contributed by atoms with E-state index in [1.807, 2.05) is 0 Å². The summed E-state index contributed by atoms with van der Waals surface area (Å²) in [7, 11) is -7.93. The molecule has 0 radical (unpaired) electrons. The number of alkyl halides is 2. The maximum atomic E-state index is 13.6. The van der Waals surface area contributed by atoms with Gasteiger partial charge in [-0.1, -0.05) is 26.6 Å². The molecule has 3 nitrogen and oxygen atoms in total. The molecule has 0 rings (SSSR count). The predicted molar refractivity (Wildman–Crippen MR) is 59.0 cm³/mol. The zero-order valence-electron chi connectivity index (χ0n) is 9.75. The van der Waals surface area contributed by atoms with E-state index < -0.39 is 27.1 Å². The van der Waals surface area contributed by atoms with Gasteiger partial charge in [-0.2, -0.15) is 8.78 Å². The number of rotatable bonds is 5. The third-order valence-corrected chi connectivity index (χ3v) is 8.18. The molecule has 0 spiro atoms. The van der Waals surface area contributed by atoms with E-state index in [0.29, 0.717) is 6.42 Å². The molecular formula is C8H19F2O3PSi. The first-order valence-electron chi connectivity index (χ1n) is 4.85. The van der Waals surface area contributed by atoms with Gasteiger partial charge in [0.1, 0.15) is 8.07 Å². The van der Waals surface area contributed by atoms with E-state index in [-0.39, 0.29) is 0 Å². The number of hydrogen-bond donors (Lipinski definition) is 1. The minimum atomic E-state index is -4.86. The molecule has 0 saturated carbocycles. The molecule has 0 fully saturated rings. The minimum Gasteiger partial charge on any atom is -0.320 e. The summed E-state index contributed by atoms with van der Waals surface area (Å²) in [6.07, 6.45) is -0.213. The van der Waals surface area contributed by atoms with Gasteiger partial charge in [0, 0.05) is 0 Å². The first kappa shape index (κ1) is 15.2. The zero-order valence-corrected chi connectivity index (χ0v) is 11.6. The Labute approximate surface area is 90.4 Å². The molecule has 0 aromatic carbocycles. The highest BCUT2D eigenvalue weighted by Gasteiger charge is 2.60. The molecule has 0 saturated heterocycles. The smallest absolute Gasteiger partial charge is 0.320 e. The summed E-state index contributed by atoms with van der Waals surface area (Å²) in [6.45, 7) is 7.24. The minimum absolute atomic E-state index is 0.423. The molecule has 1 N–H and O–H groups in total. The number of hydrogen-bond acceptors (Lipinski definition) is 2. The van der Waals surface area contributed by atoms with Gasteiger partial charge in [-0.05, 0) is 13.3 Å². The Morgan fingerprint density at radius 3 is 2.13 bits per heavy atom. The van der Waals surface area contributed by atoms with E-state index >= 15 is 0 Å². The van der Waals surface area contributed by atoms with Crippen molar-refractivity contribution in [2.24, 2.45) is 0 Å². The molecule has 2 atom stereocenters. The summed E-state index contributed by atoms with van der Waals surface area (Å²) in [6, 6.07) is 0. The highest BCUT2D eigenvalue weighted by atomic mass is 31.2. The van der Waals surface area contributed by atoms with Crippen molar-refractivity contribution in [3.05, 3.63) is 0 Å². The Morgan fingerprint density at radius 2 is 1.87 bits per heavy atom. The second-order valence-corrected chi connectivity index (χ2v) is 12.0. The molecule has 92 valence electrons. The van der Waals surface area contributed by atoms with Crippen molar-refractivity contribution >= 4 is 15.7 Å². The standard InChI is InChI=1S/C8H19F2O3PSi/c1-6-7(2)13-14(11,12)8(9,10)15(3,4)5/h7H,6H2,1-5H3,(H,11,12). The predicted octanol–water partition coefficient (Wildman–Crippen LogP) is 3.46. The molecule has 2 unspecified atom stereocenters. The van der Waals surface area contributed by atoms with E-state index in [4.69, 9.17) is 0 Å². The van der Waals surface area contributed by atoms with E-state index in [2.05, 4.69) is 4.52 Å². The Hall–Kier alpha value is 0.227. The molecule has 0 aliphatic rings. The van der Waals surface area contributed by atoms with Gasteiger partial charge < -0.3 is 9.42 Å². The molecule has 7 heteroatoms. The van der Waals surface area contributed by atoms with Gasteiger partial charge in [-0.25, -0.2) is 0 Å². The summed E-state index contributed by atoms with van der Waals surface area (Å²) in [5.74, 6) is 0. The van der Waals surface area contributed by atoms with Crippen LogP contribution in [0.2, 0.25) is 19.6 Å². The van der Waals surface area contributed by atoms with Crippen LogP contribution in [0.4, 0.5) is 8.78 Å². The molecule has 0 aromatic heterocycles. The van der Waals surface area contributed by atoms with Crippen molar-refractivity contribution in [1.82, 2.24) is 0 Å². The van der Waals surface area contributed by atoms with Crippen LogP contribution in [0.1, 0.15) is 20.3 Å². The van der Waals surface area contributed by atoms with E-state index in [9.17, 15) is 18.2 Å². The normalized spacial score (nSPS) is 19.7. The van der Waals surface area contributed by atoms with Crippen molar-refractivity contribution in [3.63, 3.8) is 0 Å². The summed E-state index contributed by atoms with van der Waals surface area (Å²) >= 11 is 0. The lowest BCUT2D eigenvalue weighted by molar-refractivity contribution is 0.0917. The van der Waals surface area contributed by atoms with Crippen LogP contribution in [0.5, 0.6) is 0 Å². The van der Waals surface area contributed by atoms with Crippen molar-refractivity contribution < 1.29 is 22.8 Å². The van der Waals surface area contributed by atoms with Gasteiger partial charge in [-0.15, -0.1) is 0 Å². The summed E-state index contributed by atoms with van der Waals surface area (Å²) < 4.78 is 43.3. The Kier molecular flexibility index (Phi) is 4.68. The van der Waals surface area contributed by atoms with Crippen molar-refractivity contribution in [1.29, 1.82) is 0 Å². The summed E-state index contributed by atoms with van der Waals surface area (Å²) in [4.78, 5) is 9.30. The fourth-order valence-corrected chi connectivity index (χ4v) is 5.13. The zero-order chi connectivity index (χ0) is 12.5. The Bertz CT molecular complexity index is 265. The van der Waals surface area contributed by atoms with E-state index in [1.165, 1.54) is 26.6 Å². The van der Waals surface area contributed by atoms with Crippen LogP contribution >= 0.6 is 7.60 Å². The Morgan fingerprint density at radius 1 is 1.47 bits per heavy atom. The first-order valence-corrected chi connectivity index (χ1v) is 9.92. The first-order chi connectivity index (χ1) is 6.45. The molecular weight excluding hydrogens is 241 g/mol. The SMILES string of the molecule is CCC(C)OP(=O)(O)C(F)(F)[Si](C)(C)C. The fraction of sp³-hybridized carbons (Fsp3) is 1.00. The lowest BCUT2D eigenvalue weighted by atomic mass is 10.3. The van der Waals surface area contributed by atoms with Crippen LogP contribution in [0.25, 0.3) is 0 Å². The third kappa shape index (κ3) is 3.34. The third-order valence-electron chi connectivity index (χ3n) is 2.15. The van der Waals surface area contributed by atoms with Gasteiger partial charge in [0.2, 0.25) is 0 Å². The maximum Gasteiger partial charge on any atom is 0.392 e. The largest absolute Gasteiger partial charge is 0.392 e. The highest BCUT2D eigenvalue weighted by Crippen LogP contribution is 2.61. The molecule has 0 aliphatic carbocycles. The molecule has 0 aromatic rings. The second kappa shape index (κ2) is 4.61. The second-order valence-electron chi connectivity index (χ2n) is 4.64. The fourth-order valence-electron chi connectivity index (χ4n) is 0.808. The van der Waals surface area contributed by atoms with Crippen LogP contribution < -0.4 is 0 Å². The molecule has 0 aliphatic heterocycles. The average molecular weight is 260 g/mol.